The number of piperidine rings is 2. The molecule has 0 bridgehead atoms. The topological polar surface area (TPSA) is 33.1 Å². The predicted molar refractivity (Wildman–Crippen MR) is 81.8 cm³/mol. The Kier molecular flexibility index (Phi) is 4.73. The lowest BCUT2D eigenvalue weighted by Crippen LogP contribution is -2.36. The van der Waals surface area contributed by atoms with Crippen molar-refractivity contribution in [1.29, 1.82) is 0 Å². The molecule has 1 aromatic heterocycles. The molecule has 0 saturated carbocycles. The zero-order valence-electron chi connectivity index (χ0n) is 12.7. The Morgan fingerprint density at radius 1 is 1.25 bits per heavy atom. The van der Waals surface area contributed by atoms with Gasteiger partial charge in [-0.25, -0.2) is 4.98 Å². The van der Waals surface area contributed by atoms with Crippen LogP contribution in [0.3, 0.4) is 0 Å². The third-order valence-electron chi connectivity index (χ3n) is 4.85. The molecule has 1 aromatic rings. The van der Waals surface area contributed by atoms with Gasteiger partial charge < -0.3 is 14.8 Å². The van der Waals surface area contributed by atoms with E-state index in [2.05, 4.69) is 39.2 Å². The van der Waals surface area contributed by atoms with Crippen LogP contribution in [0.1, 0.15) is 63.2 Å². The fourth-order valence-electron chi connectivity index (χ4n) is 3.73. The molecule has 0 aliphatic carbocycles. The Bertz CT molecular complexity index is 400. The number of hydrogen-bond donors (Lipinski definition) is 1. The largest absolute Gasteiger partial charge is 0.330 e. The van der Waals surface area contributed by atoms with Gasteiger partial charge in [-0.3, -0.25) is 0 Å². The maximum absolute atomic E-state index is 4.44. The molecule has 1 unspecified atom stereocenters. The van der Waals surface area contributed by atoms with Crippen LogP contribution in [0.15, 0.2) is 12.5 Å². The number of hydrogen-bond acceptors (Lipinski definition) is 3. The first-order valence-corrected chi connectivity index (χ1v) is 8.36. The van der Waals surface area contributed by atoms with E-state index in [0.717, 1.165) is 6.54 Å². The molecule has 4 nitrogen and oxygen atoms in total. The molecular weight excluding hydrogens is 248 g/mol. The number of nitrogens with one attached hydrogen (secondary N) is 1. The van der Waals surface area contributed by atoms with E-state index >= 15 is 0 Å². The first-order valence-electron chi connectivity index (χ1n) is 8.36. The van der Waals surface area contributed by atoms with Crippen LogP contribution in [0.5, 0.6) is 0 Å². The lowest BCUT2D eigenvalue weighted by atomic mass is 10.00. The number of aromatic nitrogens is 2. The first-order chi connectivity index (χ1) is 9.88. The van der Waals surface area contributed by atoms with E-state index in [1.807, 2.05) is 0 Å². The SMILES string of the molecule is CCCN1CCC(n2cncc2C2CCCCN2)CC1. The normalized spacial score (nSPS) is 25.9. The average Bonchev–Trinajstić information content (AvgIpc) is 2.99. The van der Waals surface area contributed by atoms with Gasteiger partial charge in [-0.15, -0.1) is 0 Å². The highest BCUT2D eigenvalue weighted by Crippen LogP contribution is 2.29. The van der Waals surface area contributed by atoms with Crippen LogP contribution in [0.25, 0.3) is 0 Å². The zero-order chi connectivity index (χ0) is 13.8. The van der Waals surface area contributed by atoms with E-state index in [1.165, 1.54) is 63.9 Å². The standard InChI is InChI=1S/C16H28N4/c1-2-9-19-10-6-14(7-11-19)20-13-17-12-16(20)15-5-3-4-8-18-15/h12-15,18H,2-11H2,1H3. The van der Waals surface area contributed by atoms with Crippen molar-refractivity contribution in [3.05, 3.63) is 18.2 Å². The molecule has 2 aliphatic heterocycles. The third kappa shape index (κ3) is 3.07. The molecule has 3 heterocycles. The van der Waals surface area contributed by atoms with Crippen molar-refractivity contribution in [1.82, 2.24) is 19.8 Å². The van der Waals surface area contributed by atoms with E-state index in [1.54, 1.807) is 0 Å². The summed E-state index contributed by atoms with van der Waals surface area (Å²) in [6.45, 7) is 7.18. The number of nitrogens with zero attached hydrogens (tertiary/aromatic N) is 3. The van der Waals surface area contributed by atoms with Gasteiger partial charge in [0.1, 0.15) is 0 Å². The quantitative estimate of drug-likeness (QED) is 0.918. The van der Waals surface area contributed by atoms with Gasteiger partial charge in [0.25, 0.3) is 0 Å². The number of likely N-dealkylation sites (tertiary alicyclic amines) is 1. The van der Waals surface area contributed by atoms with E-state index in [-0.39, 0.29) is 0 Å². The lowest BCUT2D eigenvalue weighted by Gasteiger charge is -2.34. The molecule has 3 rings (SSSR count). The van der Waals surface area contributed by atoms with Crippen molar-refractivity contribution in [3.63, 3.8) is 0 Å². The van der Waals surface area contributed by atoms with Gasteiger partial charge >= 0.3 is 0 Å². The van der Waals surface area contributed by atoms with Crippen molar-refractivity contribution in [2.45, 2.75) is 57.5 Å². The summed E-state index contributed by atoms with van der Waals surface area (Å²) in [5.74, 6) is 0. The van der Waals surface area contributed by atoms with E-state index in [4.69, 9.17) is 0 Å². The van der Waals surface area contributed by atoms with Crippen molar-refractivity contribution < 1.29 is 0 Å². The molecule has 0 spiro atoms. The average molecular weight is 276 g/mol. The van der Waals surface area contributed by atoms with Gasteiger partial charge in [0, 0.05) is 31.4 Å². The minimum Gasteiger partial charge on any atom is -0.330 e. The molecule has 2 fully saturated rings. The van der Waals surface area contributed by atoms with Gasteiger partial charge in [0.2, 0.25) is 0 Å². The summed E-state index contributed by atoms with van der Waals surface area (Å²) in [4.78, 5) is 7.04. The van der Waals surface area contributed by atoms with Crippen LogP contribution in [-0.4, -0.2) is 40.6 Å². The molecule has 4 heteroatoms. The van der Waals surface area contributed by atoms with Gasteiger partial charge in [0.15, 0.2) is 0 Å². The van der Waals surface area contributed by atoms with Gasteiger partial charge in [-0.2, -0.15) is 0 Å². The van der Waals surface area contributed by atoms with Gasteiger partial charge in [-0.05, 0) is 45.2 Å². The molecule has 1 atom stereocenters. The predicted octanol–water partition coefficient (Wildman–Crippen LogP) is 2.74. The fraction of sp³-hybridized carbons (Fsp3) is 0.812. The minimum absolute atomic E-state index is 0.528. The summed E-state index contributed by atoms with van der Waals surface area (Å²) in [7, 11) is 0. The van der Waals surface area contributed by atoms with Gasteiger partial charge in [-0.1, -0.05) is 13.3 Å². The highest BCUT2D eigenvalue weighted by atomic mass is 15.2. The van der Waals surface area contributed by atoms with Crippen LogP contribution >= 0.6 is 0 Å². The van der Waals surface area contributed by atoms with E-state index in [9.17, 15) is 0 Å². The smallest absolute Gasteiger partial charge is 0.0951 e. The van der Waals surface area contributed by atoms with Crippen LogP contribution in [-0.2, 0) is 0 Å². The second kappa shape index (κ2) is 6.72. The maximum Gasteiger partial charge on any atom is 0.0951 e. The molecule has 20 heavy (non-hydrogen) atoms. The summed E-state index contributed by atoms with van der Waals surface area (Å²) in [6.07, 6.45) is 11.9. The summed E-state index contributed by atoms with van der Waals surface area (Å²) < 4.78 is 2.46. The van der Waals surface area contributed by atoms with E-state index < -0.39 is 0 Å². The van der Waals surface area contributed by atoms with Crippen molar-refractivity contribution in [2.24, 2.45) is 0 Å². The van der Waals surface area contributed by atoms with Crippen molar-refractivity contribution in [2.75, 3.05) is 26.2 Å². The number of rotatable bonds is 4. The summed E-state index contributed by atoms with van der Waals surface area (Å²) in [5, 5.41) is 3.66. The Labute approximate surface area is 122 Å². The second-order valence-electron chi connectivity index (χ2n) is 6.30. The van der Waals surface area contributed by atoms with Crippen molar-refractivity contribution >= 4 is 0 Å². The molecule has 2 aliphatic rings. The summed E-state index contributed by atoms with van der Waals surface area (Å²) in [6, 6.07) is 1.18. The Balaban J connectivity index is 1.64. The zero-order valence-corrected chi connectivity index (χ0v) is 12.7. The molecule has 1 N–H and O–H groups in total. The molecule has 112 valence electrons. The Morgan fingerprint density at radius 3 is 2.80 bits per heavy atom. The Morgan fingerprint density at radius 2 is 2.10 bits per heavy atom. The highest BCUT2D eigenvalue weighted by molar-refractivity contribution is 5.08. The first kappa shape index (κ1) is 14.1. The van der Waals surface area contributed by atoms with Crippen LogP contribution in [0.4, 0.5) is 0 Å². The van der Waals surface area contributed by atoms with Crippen LogP contribution in [0.2, 0.25) is 0 Å². The van der Waals surface area contributed by atoms with Crippen LogP contribution < -0.4 is 5.32 Å². The van der Waals surface area contributed by atoms with Crippen molar-refractivity contribution in [3.8, 4) is 0 Å². The summed E-state index contributed by atoms with van der Waals surface area (Å²) in [5.41, 5.74) is 1.42. The maximum atomic E-state index is 4.44. The monoisotopic (exact) mass is 276 g/mol. The third-order valence-corrected chi connectivity index (χ3v) is 4.85. The molecule has 0 amide bonds. The Hall–Kier alpha value is -0.870. The number of imidazole rings is 1. The van der Waals surface area contributed by atoms with Gasteiger partial charge in [0.05, 0.1) is 12.0 Å². The summed E-state index contributed by atoms with van der Waals surface area (Å²) >= 11 is 0. The van der Waals surface area contributed by atoms with Crippen LogP contribution in [0, 0.1) is 0 Å². The van der Waals surface area contributed by atoms with E-state index in [0.29, 0.717) is 12.1 Å². The fourth-order valence-corrected chi connectivity index (χ4v) is 3.73. The second-order valence-corrected chi connectivity index (χ2v) is 6.30. The molecular formula is C16H28N4. The highest BCUT2D eigenvalue weighted by Gasteiger charge is 2.25. The molecule has 0 aromatic carbocycles. The molecule has 0 radical (unpaired) electrons. The molecule has 2 saturated heterocycles. The lowest BCUT2D eigenvalue weighted by molar-refractivity contribution is 0.183. The minimum atomic E-state index is 0.528.